The van der Waals surface area contributed by atoms with E-state index in [0.717, 1.165) is 44.7 Å². The maximum Gasteiger partial charge on any atom is 0.222 e. The molecule has 1 aromatic carbocycles. The van der Waals surface area contributed by atoms with Crippen molar-refractivity contribution in [2.24, 2.45) is 10.9 Å². The highest BCUT2D eigenvalue weighted by atomic mass is 16.2. The Balaban J connectivity index is 1.41. The van der Waals surface area contributed by atoms with Crippen molar-refractivity contribution in [1.29, 1.82) is 0 Å². The lowest BCUT2D eigenvalue weighted by atomic mass is 9.77. The number of nitrogens with one attached hydrogen (secondary N) is 1. The molecule has 156 valence electrons. The average Bonchev–Trinajstić information content (AvgIpc) is 2.74. The van der Waals surface area contributed by atoms with Gasteiger partial charge < -0.3 is 9.80 Å². The van der Waals surface area contributed by atoms with Gasteiger partial charge >= 0.3 is 0 Å². The van der Waals surface area contributed by atoms with Crippen molar-refractivity contribution in [2.75, 3.05) is 39.3 Å². The van der Waals surface area contributed by atoms with Gasteiger partial charge in [0, 0.05) is 25.5 Å². The van der Waals surface area contributed by atoms with Crippen LogP contribution in [-0.2, 0) is 14.4 Å². The molecule has 0 unspecified atom stereocenters. The van der Waals surface area contributed by atoms with E-state index < -0.39 is 5.92 Å². The van der Waals surface area contributed by atoms with Crippen LogP contribution in [0.15, 0.2) is 35.3 Å². The molecule has 1 heterocycles. The first kappa shape index (κ1) is 21.4. The zero-order valence-electron chi connectivity index (χ0n) is 17.3. The highest BCUT2D eigenvalue weighted by molar-refractivity contribution is 6.16. The van der Waals surface area contributed by atoms with Crippen LogP contribution in [0.4, 0.5) is 0 Å². The van der Waals surface area contributed by atoms with Gasteiger partial charge in [0.2, 0.25) is 5.91 Å². The topological polar surface area (TPSA) is 71.2 Å². The molecule has 6 heteroatoms. The number of nitrogens with zero attached hydrogens (tertiary/aromatic N) is 2. The number of amides is 1. The van der Waals surface area contributed by atoms with Gasteiger partial charge in [0.15, 0.2) is 0 Å². The van der Waals surface area contributed by atoms with Gasteiger partial charge in [-0.15, -0.1) is 0 Å². The van der Waals surface area contributed by atoms with E-state index in [2.05, 4.69) is 4.99 Å². The SMILES string of the molecule is CCCC(=O)N1CC[NH+](CCN=CC2C(=O)CC(c3ccccc3)CC2=O)CC1. The van der Waals surface area contributed by atoms with Crippen LogP contribution in [0.5, 0.6) is 0 Å². The molecular formula is C23H32N3O3+. The molecule has 3 rings (SSSR count). The normalized spacial score (nSPS) is 23.7. The zero-order chi connectivity index (χ0) is 20.6. The summed E-state index contributed by atoms with van der Waals surface area (Å²) in [4.78, 5) is 44.7. The molecule has 0 spiro atoms. The number of aliphatic imine (C=N–C) groups is 1. The third-order valence-electron chi connectivity index (χ3n) is 6.00. The Morgan fingerprint density at radius 1 is 1.14 bits per heavy atom. The summed E-state index contributed by atoms with van der Waals surface area (Å²) in [7, 11) is 0. The summed E-state index contributed by atoms with van der Waals surface area (Å²) in [5.74, 6) is -0.457. The predicted octanol–water partition coefficient (Wildman–Crippen LogP) is 0.916. The predicted molar refractivity (Wildman–Crippen MR) is 112 cm³/mol. The number of carbonyl (C=O) groups is 3. The van der Waals surface area contributed by atoms with E-state index in [0.29, 0.717) is 25.8 Å². The summed E-state index contributed by atoms with van der Waals surface area (Å²) in [6.45, 7) is 6.99. The first-order valence-corrected chi connectivity index (χ1v) is 10.8. The first-order valence-electron chi connectivity index (χ1n) is 10.8. The van der Waals surface area contributed by atoms with Gasteiger partial charge in [-0.25, -0.2) is 0 Å². The quantitative estimate of drug-likeness (QED) is 0.548. The maximum absolute atomic E-state index is 12.5. The Bertz CT molecular complexity index is 721. The molecule has 1 amide bonds. The molecule has 0 radical (unpaired) electrons. The van der Waals surface area contributed by atoms with E-state index in [1.165, 1.54) is 4.90 Å². The second-order valence-corrected chi connectivity index (χ2v) is 8.11. The van der Waals surface area contributed by atoms with Crippen LogP contribution < -0.4 is 4.90 Å². The fourth-order valence-corrected chi connectivity index (χ4v) is 4.22. The summed E-state index contributed by atoms with van der Waals surface area (Å²) in [5.41, 5.74) is 1.06. The van der Waals surface area contributed by atoms with Crippen molar-refractivity contribution < 1.29 is 19.3 Å². The number of benzene rings is 1. The molecule has 29 heavy (non-hydrogen) atoms. The summed E-state index contributed by atoms with van der Waals surface area (Å²) >= 11 is 0. The standard InChI is InChI=1S/C23H31N3O3/c1-2-6-23(29)26-13-11-25(12-14-26)10-9-24-17-20-21(27)15-19(16-22(20)28)18-7-4-3-5-8-18/h3-5,7-8,17,19-20H,2,6,9-16H2,1H3/p+1. The summed E-state index contributed by atoms with van der Waals surface area (Å²) < 4.78 is 0. The van der Waals surface area contributed by atoms with E-state index >= 15 is 0 Å². The molecule has 1 aliphatic carbocycles. The van der Waals surface area contributed by atoms with Gasteiger partial charge in [-0.2, -0.15) is 0 Å². The van der Waals surface area contributed by atoms with Gasteiger partial charge in [-0.3, -0.25) is 19.4 Å². The minimum Gasteiger partial charge on any atom is -0.331 e. The molecule has 1 N–H and O–H groups in total. The van der Waals surface area contributed by atoms with Gasteiger partial charge in [0.05, 0.1) is 39.3 Å². The number of piperazine rings is 1. The molecule has 0 atom stereocenters. The van der Waals surface area contributed by atoms with Crippen LogP contribution >= 0.6 is 0 Å². The largest absolute Gasteiger partial charge is 0.331 e. The van der Waals surface area contributed by atoms with Gasteiger partial charge in [-0.05, 0) is 17.9 Å². The fourth-order valence-electron chi connectivity index (χ4n) is 4.22. The van der Waals surface area contributed by atoms with Crippen molar-refractivity contribution in [3.05, 3.63) is 35.9 Å². The number of hydrogen-bond donors (Lipinski definition) is 1. The van der Waals surface area contributed by atoms with Crippen molar-refractivity contribution in [3.63, 3.8) is 0 Å². The number of rotatable bonds is 7. The van der Waals surface area contributed by atoms with Crippen molar-refractivity contribution >= 4 is 23.7 Å². The molecule has 0 aromatic heterocycles. The molecule has 1 saturated heterocycles. The Kier molecular flexibility index (Phi) is 7.69. The van der Waals surface area contributed by atoms with Crippen LogP contribution in [0.2, 0.25) is 0 Å². The smallest absolute Gasteiger partial charge is 0.222 e. The average molecular weight is 399 g/mol. The zero-order valence-corrected chi connectivity index (χ0v) is 17.3. The summed E-state index contributed by atoms with van der Waals surface area (Å²) in [6, 6.07) is 9.80. The first-order chi connectivity index (χ1) is 14.1. The lowest BCUT2D eigenvalue weighted by Crippen LogP contribution is -3.15. The Morgan fingerprint density at radius 3 is 2.41 bits per heavy atom. The molecule has 1 aliphatic heterocycles. The molecule has 2 fully saturated rings. The minimum absolute atomic E-state index is 0.00277. The molecule has 2 aliphatic rings. The third-order valence-corrected chi connectivity index (χ3v) is 6.00. The van der Waals surface area contributed by atoms with E-state index in [9.17, 15) is 14.4 Å². The fraction of sp³-hybridized carbons (Fsp3) is 0.565. The third kappa shape index (κ3) is 5.82. The van der Waals surface area contributed by atoms with Gasteiger partial charge in [0.25, 0.3) is 0 Å². The highest BCUT2D eigenvalue weighted by Gasteiger charge is 2.34. The Hall–Kier alpha value is -2.34. The van der Waals surface area contributed by atoms with Gasteiger partial charge in [0.1, 0.15) is 17.5 Å². The number of quaternary nitrogens is 1. The monoisotopic (exact) mass is 398 g/mol. The van der Waals surface area contributed by atoms with Crippen LogP contribution in [-0.4, -0.2) is 67.9 Å². The van der Waals surface area contributed by atoms with Crippen LogP contribution in [0.1, 0.15) is 44.1 Å². The van der Waals surface area contributed by atoms with E-state index in [1.807, 2.05) is 42.2 Å². The second-order valence-electron chi connectivity index (χ2n) is 8.11. The number of hydrogen-bond acceptors (Lipinski definition) is 4. The minimum atomic E-state index is -0.673. The molecule has 1 saturated carbocycles. The Morgan fingerprint density at radius 2 is 1.79 bits per heavy atom. The van der Waals surface area contributed by atoms with Crippen LogP contribution in [0.25, 0.3) is 0 Å². The van der Waals surface area contributed by atoms with E-state index in [-0.39, 0.29) is 23.4 Å². The number of Topliss-reactive ketones (excluding diaryl/α,β-unsaturated/α-hetero) is 2. The summed E-state index contributed by atoms with van der Waals surface area (Å²) in [6.07, 6.45) is 3.92. The second kappa shape index (κ2) is 10.4. The Labute approximate surface area is 173 Å². The van der Waals surface area contributed by atoms with Crippen LogP contribution in [0.3, 0.4) is 0 Å². The number of carbonyl (C=O) groups excluding carboxylic acids is 3. The van der Waals surface area contributed by atoms with Crippen molar-refractivity contribution in [3.8, 4) is 0 Å². The van der Waals surface area contributed by atoms with Crippen LogP contribution in [0, 0.1) is 5.92 Å². The highest BCUT2D eigenvalue weighted by Crippen LogP contribution is 2.31. The van der Waals surface area contributed by atoms with Gasteiger partial charge in [-0.1, -0.05) is 37.3 Å². The molecule has 1 aromatic rings. The number of ketones is 2. The summed E-state index contributed by atoms with van der Waals surface area (Å²) in [5, 5.41) is 0. The van der Waals surface area contributed by atoms with Crippen molar-refractivity contribution in [1.82, 2.24) is 4.90 Å². The van der Waals surface area contributed by atoms with E-state index in [4.69, 9.17) is 0 Å². The lowest BCUT2D eigenvalue weighted by molar-refractivity contribution is -0.902. The van der Waals surface area contributed by atoms with Crippen molar-refractivity contribution in [2.45, 2.75) is 38.5 Å². The molecule has 6 nitrogen and oxygen atoms in total. The maximum atomic E-state index is 12.5. The molecule has 0 bridgehead atoms. The van der Waals surface area contributed by atoms with E-state index in [1.54, 1.807) is 6.21 Å². The lowest BCUT2D eigenvalue weighted by Gasteiger charge is -2.32. The molecular weight excluding hydrogens is 366 g/mol.